The largest absolute Gasteiger partial charge is 0.348 e. The van der Waals surface area contributed by atoms with Gasteiger partial charge >= 0.3 is 0 Å². The highest BCUT2D eigenvalue weighted by Crippen LogP contribution is 2.31. The third kappa shape index (κ3) is 2.80. The summed E-state index contributed by atoms with van der Waals surface area (Å²) in [6.07, 6.45) is 9.17. The first-order chi connectivity index (χ1) is 13.6. The molecule has 2 amide bonds. The van der Waals surface area contributed by atoms with E-state index in [9.17, 15) is 9.59 Å². The van der Waals surface area contributed by atoms with Crippen LogP contribution in [0.25, 0.3) is 10.6 Å². The van der Waals surface area contributed by atoms with Crippen molar-refractivity contribution in [1.29, 1.82) is 0 Å². The second-order valence-electron chi connectivity index (χ2n) is 6.79. The Morgan fingerprint density at radius 3 is 2.96 bits per heavy atom. The van der Waals surface area contributed by atoms with Crippen LogP contribution >= 0.6 is 11.3 Å². The van der Waals surface area contributed by atoms with E-state index in [2.05, 4.69) is 30.7 Å². The molecule has 2 N–H and O–H groups in total. The Morgan fingerprint density at radius 2 is 2.18 bits per heavy atom. The lowest BCUT2D eigenvalue weighted by Crippen LogP contribution is -2.60. The molecular weight excluding hydrogens is 380 g/mol. The zero-order valence-corrected chi connectivity index (χ0v) is 15.5. The molecule has 4 heterocycles. The van der Waals surface area contributed by atoms with Crippen molar-refractivity contribution in [3.05, 3.63) is 47.9 Å². The van der Waals surface area contributed by atoms with E-state index in [1.807, 2.05) is 0 Å². The van der Waals surface area contributed by atoms with Gasteiger partial charge in [0.25, 0.3) is 17.6 Å². The number of nitrogens with zero attached hydrogens (tertiary/aromatic N) is 6. The summed E-state index contributed by atoms with van der Waals surface area (Å²) in [5, 5.41) is 11.9. The number of thiazole rings is 1. The minimum Gasteiger partial charge on any atom is -0.348 e. The molecule has 0 spiro atoms. The monoisotopic (exact) mass is 396 g/mol. The van der Waals surface area contributed by atoms with Gasteiger partial charge in [0.2, 0.25) is 5.82 Å². The molecule has 0 bridgehead atoms. The van der Waals surface area contributed by atoms with Crippen molar-refractivity contribution in [2.24, 2.45) is 0 Å². The fourth-order valence-electron chi connectivity index (χ4n) is 3.30. The summed E-state index contributed by atoms with van der Waals surface area (Å²) in [6, 6.07) is 1.72. The van der Waals surface area contributed by atoms with E-state index in [1.165, 1.54) is 15.9 Å². The molecule has 11 heteroatoms. The van der Waals surface area contributed by atoms with Crippen LogP contribution in [0.5, 0.6) is 0 Å². The van der Waals surface area contributed by atoms with Gasteiger partial charge in [0.1, 0.15) is 16.9 Å². The van der Waals surface area contributed by atoms with Gasteiger partial charge in [-0.15, -0.1) is 16.4 Å². The Morgan fingerprint density at radius 1 is 1.29 bits per heavy atom. The quantitative estimate of drug-likeness (QED) is 0.518. The summed E-state index contributed by atoms with van der Waals surface area (Å²) in [4.78, 5) is 38.4. The lowest BCUT2D eigenvalue weighted by Gasteiger charge is -2.42. The molecule has 4 aromatic heterocycles. The number of aromatic nitrogens is 6. The second kappa shape index (κ2) is 6.37. The number of hydrogen-bond donors (Lipinski definition) is 2. The fourth-order valence-corrected chi connectivity index (χ4v) is 4.14. The van der Waals surface area contributed by atoms with Crippen molar-refractivity contribution in [3.63, 3.8) is 0 Å². The zero-order chi connectivity index (χ0) is 19.1. The van der Waals surface area contributed by atoms with Crippen LogP contribution in [-0.2, 0) is 0 Å². The molecular formula is C17H16N8O2S. The second-order valence-corrected chi connectivity index (χ2v) is 7.68. The number of carbonyl (C=O) groups is 2. The molecule has 0 aromatic carbocycles. The van der Waals surface area contributed by atoms with E-state index < -0.39 is 5.54 Å². The van der Waals surface area contributed by atoms with Crippen LogP contribution in [0.2, 0.25) is 0 Å². The lowest BCUT2D eigenvalue weighted by molar-refractivity contribution is 0.0779. The minimum atomic E-state index is -0.484. The molecule has 10 nitrogen and oxygen atoms in total. The maximum atomic E-state index is 12.6. The Kier molecular flexibility index (Phi) is 3.83. The third-order valence-corrected chi connectivity index (χ3v) is 5.87. The van der Waals surface area contributed by atoms with Crippen LogP contribution in [0.1, 0.15) is 40.4 Å². The summed E-state index contributed by atoms with van der Waals surface area (Å²) >= 11 is 1.46. The summed E-state index contributed by atoms with van der Waals surface area (Å²) in [6.45, 7) is 0.342. The van der Waals surface area contributed by atoms with Crippen molar-refractivity contribution < 1.29 is 9.59 Å². The molecule has 1 aliphatic rings. The predicted octanol–water partition coefficient (Wildman–Crippen LogP) is 0.916. The van der Waals surface area contributed by atoms with E-state index in [4.69, 9.17) is 0 Å². The number of amides is 2. The molecule has 0 unspecified atom stereocenters. The van der Waals surface area contributed by atoms with E-state index in [1.54, 1.807) is 40.8 Å². The molecule has 5 rings (SSSR count). The van der Waals surface area contributed by atoms with Crippen molar-refractivity contribution in [2.75, 3.05) is 6.54 Å². The number of imidazole rings is 1. The molecule has 0 atom stereocenters. The zero-order valence-electron chi connectivity index (χ0n) is 14.7. The highest BCUT2D eigenvalue weighted by atomic mass is 32.1. The Bertz CT molecular complexity index is 1160. The maximum absolute atomic E-state index is 12.6. The molecule has 1 fully saturated rings. The highest BCUT2D eigenvalue weighted by Gasteiger charge is 2.39. The van der Waals surface area contributed by atoms with Gasteiger partial charge in [-0.05, 0) is 25.3 Å². The first kappa shape index (κ1) is 16.8. The van der Waals surface area contributed by atoms with Gasteiger partial charge < -0.3 is 10.6 Å². The fraction of sp³-hybridized carbons (Fsp3) is 0.294. The molecule has 28 heavy (non-hydrogen) atoms. The Labute approximate surface area is 162 Å². The van der Waals surface area contributed by atoms with Crippen LogP contribution in [0, 0.1) is 0 Å². The molecule has 4 aromatic rings. The number of carbonyl (C=O) groups excluding carboxylic acids is 2. The van der Waals surface area contributed by atoms with Crippen molar-refractivity contribution in [1.82, 2.24) is 39.6 Å². The van der Waals surface area contributed by atoms with E-state index in [-0.39, 0.29) is 17.6 Å². The molecule has 0 saturated heterocycles. The van der Waals surface area contributed by atoms with Crippen LogP contribution in [0.3, 0.4) is 0 Å². The van der Waals surface area contributed by atoms with Gasteiger partial charge in [-0.2, -0.15) is 4.98 Å². The van der Waals surface area contributed by atoms with Crippen LogP contribution < -0.4 is 10.6 Å². The van der Waals surface area contributed by atoms with Crippen molar-refractivity contribution in [3.8, 4) is 0 Å². The number of hydrogen-bond acceptors (Lipinski definition) is 7. The lowest BCUT2D eigenvalue weighted by atomic mass is 9.76. The maximum Gasteiger partial charge on any atom is 0.291 e. The van der Waals surface area contributed by atoms with Gasteiger partial charge in [0, 0.05) is 24.3 Å². The van der Waals surface area contributed by atoms with E-state index in [0.29, 0.717) is 18.0 Å². The van der Waals surface area contributed by atoms with E-state index >= 15 is 0 Å². The van der Waals surface area contributed by atoms with Gasteiger partial charge in [-0.1, -0.05) is 0 Å². The first-order valence-electron chi connectivity index (χ1n) is 8.81. The van der Waals surface area contributed by atoms with E-state index in [0.717, 1.165) is 24.1 Å². The molecule has 1 saturated carbocycles. The average molecular weight is 396 g/mol. The number of rotatable bonds is 5. The van der Waals surface area contributed by atoms with Crippen molar-refractivity contribution in [2.45, 2.75) is 24.8 Å². The number of fused-ring (bicyclic) bond motifs is 2. The van der Waals surface area contributed by atoms with Gasteiger partial charge in [0.05, 0.1) is 11.7 Å². The predicted molar refractivity (Wildman–Crippen MR) is 100 cm³/mol. The standard InChI is InChI=1S/C17H16N8O2S/c26-14(11-8-28-12-7-18-10-24(11)12)20-9-17(3-1-4-17)22-15(27)13-21-16-19-5-2-6-25(16)23-13/h2,5-8,10H,1,3-4,9H2,(H,20,26)(H,22,27). The summed E-state index contributed by atoms with van der Waals surface area (Å²) in [5.74, 6) is -0.133. The third-order valence-electron chi connectivity index (χ3n) is 4.98. The minimum absolute atomic E-state index is 0.0641. The molecule has 1 aliphatic carbocycles. The SMILES string of the molecule is O=C(NC1(CNC(=O)c2csc3cncn23)CCC1)c1nc2ncccn2n1. The topological polar surface area (TPSA) is 119 Å². The Hall–Kier alpha value is -3.34. The van der Waals surface area contributed by atoms with Crippen LogP contribution in [0.15, 0.2) is 36.4 Å². The normalized spacial score (nSPS) is 15.4. The van der Waals surface area contributed by atoms with Crippen LogP contribution in [0.4, 0.5) is 0 Å². The van der Waals surface area contributed by atoms with Crippen LogP contribution in [-0.4, -0.2) is 52.9 Å². The average Bonchev–Trinajstić information content (AvgIpc) is 3.37. The summed E-state index contributed by atoms with van der Waals surface area (Å²) < 4.78 is 3.21. The summed E-state index contributed by atoms with van der Waals surface area (Å²) in [5.41, 5.74) is 0.0493. The molecule has 0 aliphatic heterocycles. The first-order valence-corrected chi connectivity index (χ1v) is 9.69. The number of nitrogens with one attached hydrogen (secondary N) is 2. The molecule has 142 valence electrons. The van der Waals surface area contributed by atoms with Crippen molar-refractivity contribution >= 4 is 33.8 Å². The highest BCUT2D eigenvalue weighted by molar-refractivity contribution is 7.15. The van der Waals surface area contributed by atoms with Gasteiger partial charge in [-0.25, -0.2) is 14.5 Å². The Balaban J connectivity index is 1.28. The smallest absolute Gasteiger partial charge is 0.291 e. The van der Waals surface area contributed by atoms with Gasteiger partial charge in [-0.3, -0.25) is 14.0 Å². The summed E-state index contributed by atoms with van der Waals surface area (Å²) in [7, 11) is 0. The van der Waals surface area contributed by atoms with Gasteiger partial charge in [0.15, 0.2) is 0 Å². The molecule has 0 radical (unpaired) electrons.